The number of hydrogen-bond donors (Lipinski definition) is 2. The molecule has 3 unspecified atom stereocenters. The summed E-state index contributed by atoms with van der Waals surface area (Å²) in [5, 5.41) is 11.1. The van der Waals surface area contributed by atoms with E-state index in [4.69, 9.17) is 5.11 Å². The standard InChI is InChI=1S/C11H16F3NO3/c1-6(16)15-9(10(17)18)7-4-2-3-5-8(7)11(12,13)14/h7-9H,2-5H2,1H3,(H,15,16)(H,17,18). The van der Waals surface area contributed by atoms with E-state index in [9.17, 15) is 22.8 Å². The average molecular weight is 267 g/mol. The number of alkyl halides is 3. The van der Waals surface area contributed by atoms with E-state index in [0.29, 0.717) is 12.8 Å². The molecule has 1 amide bonds. The van der Waals surface area contributed by atoms with Gasteiger partial charge in [0.2, 0.25) is 5.91 Å². The molecular formula is C11H16F3NO3. The zero-order valence-corrected chi connectivity index (χ0v) is 9.96. The van der Waals surface area contributed by atoms with Crippen LogP contribution in [0.25, 0.3) is 0 Å². The van der Waals surface area contributed by atoms with Crippen molar-refractivity contribution in [3.05, 3.63) is 0 Å². The molecule has 1 aliphatic rings. The Labute approximate surface area is 103 Å². The molecule has 1 aliphatic carbocycles. The third-order valence-electron chi connectivity index (χ3n) is 3.29. The van der Waals surface area contributed by atoms with Crippen LogP contribution in [0.4, 0.5) is 13.2 Å². The molecule has 0 aromatic rings. The molecule has 4 nitrogen and oxygen atoms in total. The van der Waals surface area contributed by atoms with E-state index in [2.05, 4.69) is 5.32 Å². The number of hydrogen-bond acceptors (Lipinski definition) is 2. The molecule has 104 valence electrons. The Kier molecular flexibility index (Phi) is 4.59. The molecule has 0 radical (unpaired) electrons. The highest BCUT2D eigenvalue weighted by atomic mass is 19.4. The summed E-state index contributed by atoms with van der Waals surface area (Å²) in [5.41, 5.74) is 0. The van der Waals surface area contributed by atoms with Gasteiger partial charge in [0, 0.05) is 12.8 Å². The zero-order chi connectivity index (χ0) is 13.9. The smallest absolute Gasteiger partial charge is 0.392 e. The summed E-state index contributed by atoms with van der Waals surface area (Å²) < 4.78 is 38.5. The predicted octanol–water partition coefficient (Wildman–Crippen LogP) is 1.94. The van der Waals surface area contributed by atoms with Crippen LogP contribution in [-0.4, -0.2) is 29.2 Å². The zero-order valence-electron chi connectivity index (χ0n) is 9.96. The van der Waals surface area contributed by atoms with Crippen LogP contribution in [0.3, 0.4) is 0 Å². The summed E-state index contributed by atoms with van der Waals surface area (Å²) in [5.74, 6) is -4.78. The van der Waals surface area contributed by atoms with Crippen molar-refractivity contribution in [3.63, 3.8) is 0 Å². The van der Waals surface area contributed by atoms with E-state index in [1.165, 1.54) is 0 Å². The van der Waals surface area contributed by atoms with Gasteiger partial charge in [0.05, 0.1) is 5.92 Å². The number of nitrogens with one attached hydrogen (secondary N) is 1. The summed E-state index contributed by atoms with van der Waals surface area (Å²) in [6.45, 7) is 1.10. The minimum absolute atomic E-state index is 0.0719. The van der Waals surface area contributed by atoms with Crippen LogP contribution >= 0.6 is 0 Å². The van der Waals surface area contributed by atoms with E-state index < -0.39 is 35.9 Å². The highest BCUT2D eigenvalue weighted by Crippen LogP contribution is 2.42. The fourth-order valence-electron chi connectivity index (χ4n) is 2.54. The van der Waals surface area contributed by atoms with E-state index in [-0.39, 0.29) is 12.8 Å². The number of carboxylic acids is 1. The van der Waals surface area contributed by atoms with Crippen LogP contribution in [0.15, 0.2) is 0 Å². The molecule has 0 heterocycles. The van der Waals surface area contributed by atoms with Gasteiger partial charge < -0.3 is 10.4 Å². The molecule has 18 heavy (non-hydrogen) atoms. The Morgan fingerprint density at radius 3 is 2.28 bits per heavy atom. The first kappa shape index (κ1) is 14.8. The van der Waals surface area contributed by atoms with Crippen LogP contribution in [0, 0.1) is 11.8 Å². The minimum Gasteiger partial charge on any atom is -0.480 e. The van der Waals surface area contributed by atoms with E-state index in [1.807, 2.05) is 0 Å². The van der Waals surface area contributed by atoms with Crippen molar-refractivity contribution in [2.45, 2.75) is 44.8 Å². The summed E-state index contributed by atoms with van der Waals surface area (Å²) in [6.07, 6.45) is -3.33. The van der Waals surface area contributed by atoms with E-state index >= 15 is 0 Å². The molecule has 0 aromatic heterocycles. The maximum absolute atomic E-state index is 12.8. The quantitative estimate of drug-likeness (QED) is 0.821. The molecule has 0 spiro atoms. The van der Waals surface area contributed by atoms with Crippen LogP contribution < -0.4 is 5.32 Å². The Bertz CT molecular complexity index is 330. The lowest BCUT2D eigenvalue weighted by Crippen LogP contribution is -2.51. The van der Waals surface area contributed by atoms with Crippen molar-refractivity contribution < 1.29 is 27.9 Å². The van der Waals surface area contributed by atoms with Crippen LogP contribution in [0.1, 0.15) is 32.6 Å². The highest BCUT2D eigenvalue weighted by molar-refractivity contribution is 5.82. The lowest BCUT2D eigenvalue weighted by atomic mass is 9.74. The molecular weight excluding hydrogens is 251 g/mol. The van der Waals surface area contributed by atoms with Gasteiger partial charge in [0.15, 0.2) is 0 Å². The summed E-state index contributed by atoms with van der Waals surface area (Å²) >= 11 is 0. The fourth-order valence-corrected chi connectivity index (χ4v) is 2.54. The van der Waals surface area contributed by atoms with Crippen LogP contribution in [0.2, 0.25) is 0 Å². The molecule has 0 aromatic carbocycles. The van der Waals surface area contributed by atoms with Crippen LogP contribution in [0.5, 0.6) is 0 Å². The van der Waals surface area contributed by atoms with Gasteiger partial charge in [-0.1, -0.05) is 12.8 Å². The first-order chi connectivity index (χ1) is 8.23. The van der Waals surface area contributed by atoms with Gasteiger partial charge in [0.1, 0.15) is 6.04 Å². The number of aliphatic carboxylic acids is 1. The van der Waals surface area contributed by atoms with Crippen molar-refractivity contribution in [1.29, 1.82) is 0 Å². The molecule has 0 bridgehead atoms. The Morgan fingerprint density at radius 1 is 1.28 bits per heavy atom. The fraction of sp³-hybridized carbons (Fsp3) is 0.818. The van der Waals surface area contributed by atoms with Gasteiger partial charge in [-0.2, -0.15) is 13.2 Å². The van der Waals surface area contributed by atoms with E-state index in [1.54, 1.807) is 0 Å². The molecule has 0 saturated heterocycles. The number of rotatable bonds is 3. The van der Waals surface area contributed by atoms with Crippen molar-refractivity contribution in [2.24, 2.45) is 11.8 Å². The second-order valence-electron chi connectivity index (χ2n) is 4.61. The number of amides is 1. The third kappa shape index (κ3) is 3.61. The third-order valence-corrected chi connectivity index (χ3v) is 3.29. The largest absolute Gasteiger partial charge is 0.480 e. The van der Waals surface area contributed by atoms with Gasteiger partial charge in [-0.3, -0.25) is 4.79 Å². The van der Waals surface area contributed by atoms with Crippen LogP contribution in [-0.2, 0) is 9.59 Å². The Hall–Kier alpha value is -1.27. The average Bonchev–Trinajstić information content (AvgIpc) is 2.24. The van der Waals surface area contributed by atoms with Gasteiger partial charge >= 0.3 is 12.1 Å². The SMILES string of the molecule is CC(=O)NC(C(=O)O)C1CCCCC1C(F)(F)F. The van der Waals surface area contributed by atoms with Crippen molar-refractivity contribution in [2.75, 3.05) is 0 Å². The maximum Gasteiger partial charge on any atom is 0.392 e. The summed E-state index contributed by atoms with van der Waals surface area (Å²) in [6, 6.07) is -1.46. The highest BCUT2D eigenvalue weighted by Gasteiger charge is 2.49. The predicted molar refractivity (Wildman–Crippen MR) is 56.7 cm³/mol. The van der Waals surface area contributed by atoms with Gasteiger partial charge in [0.25, 0.3) is 0 Å². The molecule has 2 N–H and O–H groups in total. The Balaban J connectivity index is 2.92. The molecule has 7 heteroatoms. The van der Waals surface area contributed by atoms with Gasteiger partial charge in [-0.25, -0.2) is 4.79 Å². The van der Waals surface area contributed by atoms with Crippen molar-refractivity contribution in [1.82, 2.24) is 5.32 Å². The molecule has 1 rings (SSSR count). The van der Waals surface area contributed by atoms with Gasteiger partial charge in [-0.05, 0) is 12.8 Å². The minimum atomic E-state index is -4.42. The second-order valence-corrected chi connectivity index (χ2v) is 4.61. The first-order valence-electron chi connectivity index (χ1n) is 5.80. The molecule has 1 fully saturated rings. The summed E-state index contributed by atoms with van der Waals surface area (Å²) in [7, 11) is 0. The lowest BCUT2D eigenvalue weighted by Gasteiger charge is -2.36. The second kappa shape index (κ2) is 5.58. The normalized spacial score (nSPS) is 26.4. The molecule has 0 aliphatic heterocycles. The summed E-state index contributed by atoms with van der Waals surface area (Å²) in [4.78, 5) is 21.9. The first-order valence-corrected chi connectivity index (χ1v) is 5.80. The maximum atomic E-state index is 12.8. The van der Waals surface area contributed by atoms with Crippen molar-refractivity contribution in [3.8, 4) is 0 Å². The van der Waals surface area contributed by atoms with E-state index in [0.717, 1.165) is 6.92 Å². The number of carbonyl (C=O) groups excluding carboxylic acids is 1. The number of halogens is 3. The molecule has 3 atom stereocenters. The topological polar surface area (TPSA) is 66.4 Å². The van der Waals surface area contributed by atoms with Gasteiger partial charge in [-0.15, -0.1) is 0 Å². The monoisotopic (exact) mass is 267 g/mol. The van der Waals surface area contributed by atoms with Crippen molar-refractivity contribution >= 4 is 11.9 Å². The molecule has 1 saturated carbocycles. The lowest BCUT2D eigenvalue weighted by molar-refractivity contribution is -0.201. The number of carbonyl (C=O) groups is 2. The Morgan fingerprint density at radius 2 is 1.83 bits per heavy atom. The number of carboxylic acid groups (broad SMARTS) is 1.